The van der Waals surface area contributed by atoms with Crippen molar-refractivity contribution in [2.45, 2.75) is 274 Å². The van der Waals surface area contributed by atoms with Crippen LogP contribution in [-0.2, 0) is 33.2 Å². The Morgan fingerprint density at radius 1 is 0.466 bits per heavy atom. The maximum atomic E-state index is 13.1. The molecule has 0 spiro atoms. The molecule has 0 aliphatic carbocycles. The van der Waals surface area contributed by atoms with Crippen molar-refractivity contribution in [3.8, 4) is 0 Å². The van der Waals surface area contributed by atoms with Gasteiger partial charge in [-0.2, -0.15) is 0 Å². The van der Waals surface area contributed by atoms with E-state index in [2.05, 4.69) is 74.6 Å². The van der Waals surface area contributed by atoms with Gasteiger partial charge in [0, 0.05) is 13.0 Å². The molecule has 2 rings (SSSR count). The van der Waals surface area contributed by atoms with Crippen LogP contribution in [0.2, 0.25) is 0 Å². The van der Waals surface area contributed by atoms with Crippen LogP contribution in [0.5, 0.6) is 0 Å². The van der Waals surface area contributed by atoms with Crippen molar-refractivity contribution in [2.75, 3.05) is 33.0 Å². The summed E-state index contributed by atoms with van der Waals surface area (Å²) < 4.78 is 34.4. The van der Waals surface area contributed by atoms with Crippen LogP contribution < -0.4 is 0 Å². The largest absolute Gasteiger partial charge is 0.457 e. The summed E-state index contributed by atoms with van der Waals surface area (Å²) in [6.45, 7) is 3.56. The van der Waals surface area contributed by atoms with Gasteiger partial charge in [0.25, 0.3) is 0 Å². The quantitative estimate of drug-likeness (QED) is 0.0172. The Morgan fingerprint density at radius 2 is 0.890 bits per heavy atom. The van der Waals surface area contributed by atoms with Gasteiger partial charge in [0.2, 0.25) is 0 Å². The van der Waals surface area contributed by atoms with Crippen LogP contribution in [0.25, 0.3) is 0 Å². The summed E-state index contributed by atoms with van der Waals surface area (Å²) in [6.07, 6.45) is 39.9. The minimum atomic E-state index is -1.71. The summed E-state index contributed by atoms with van der Waals surface area (Å²) in [5, 5.41) is 72.3. The fourth-order valence-corrected chi connectivity index (χ4v) is 8.86. The summed E-state index contributed by atoms with van der Waals surface area (Å²) in [5.41, 5.74) is 0. The van der Waals surface area contributed by atoms with Crippen molar-refractivity contribution in [2.24, 2.45) is 0 Å². The number of aliphatic hydroxyl groups is 7. The highest BCUT2D eigenvalue weighted by Crippen LogP contribution is 2.26. The maximum Gasteiger partial charge on any atom is 0.306 e. The summed E-state index contributed by atoms with van der Waals surface area (Å²) in [5.74, 6) is -0.384. The van der Waals surface area contributed by atoms with E-state index in [-0.39, 0.29) is 25.6 Å². The molecule has 14 heteroatoms. The first-order valence-corrected chi connectivity index (χ1v) is 28.9. The predicted molar refractivity (Wildman–Crippen MR) is 289 cm³/mol. The number of esters is 1. The normalized spacial score (nSPS) is 25.4. The number of rotatable bonds is 46. The van der Waals surface area contributed by atoms with E-state index >= 15 is 0 Å². The molecule has 2 aliphatic rings. The topological polar surface area (TPSA) is 214 Å². The first-order chi connectivity index (χ1) is 35.6. The zero-order valence-electron chi connectivity index (χ0n) is 45.4. The molecular weight excluding hydrogens is 933 g/mol. The van der Waals surface area contributed by atoms with Crippen molar-refractivity contribution in [1.82, 2.24) is 0 Å². The van der Waals surface area contributed by atoms with Gasteiger partial charge in [0.1, 0.15) is 54.9 Å². The standard InChI is InChI=1S/C59H104O14/c1-3-5-7-9-11-13-15-17-19-21-23-24-25-26-28-30-32-34-36-38-40-42-51(61)71-48(45-68-43-41-39-37-35-33-31-29-27-22-20-18-16-14-12-10-8-6-4-2)46-69-58-57(67)55(65)53(63)50(73-58)47-70-59-56(66)54(64)52(62)49(44-60)72-59/h6,8,12,14-15,17-18,20-21,23,48-50,52-60,62-67H,3-5,7,9-11,13,16,19,22,24-47H2,1-2H3/b8-6-,14-12-,17-15-,20-18-,23-21-. The van der Waals surface area contributed by atoms with Crippen molar-refractivity contribution in [3.05, 3.63) is 60.8 Å². The second-order valence-corrected chi connectivity index (χ2v) is 20.1. The SMILES string of the molecule is CC/C=C\C/C=C\C/C=C\CCCCCCCCCCOCC(COC1OC(COC2OC(CO)C(O)C(O)C2O)C(O)C(O)C1O)OC(=O)CCCCCCCCCCC/C=C\C/C=C\CCCCCCC. The predicted octanol–water partition coefficient (Wildman–Crippen LogP) is 10.1. The lowest BCUT2D eigenvalue weighted by Gasteiger charge is -2.42. The van der Waals surface area contributed by atoms with Gasteiger partial charge < -0.3 is 64.2 Å². The van der Waals surface area contributed by atoms with Crippen LogP contribution in [0.4, 0.5) is 0 Å². The Bertz CT molecular complexity index is 1440. The average Bonchev–Trinajstić information content (AvgIpc) is 3.39. The molecule has 11 unspecified atom stereocenters. The van der Waals surface area contributed by atoms with Crippen molar-refractivity contribution in [3.63, 3.8) is 0 Å². The molecular formula is C59H104O14. The fraction of sp³-hybridized carbons (Fsp3) is 0.814. The van der Waals surface area contributed by atoms with Gasteiger partial charge in [-0.3, -0.25) is 4.79 Å². The van der Waals surface area contributed by atoms with Gasteiger partial charge in [-0.1, -0.05) is 184 Å². The number of carbonyl (C=O) groups excluding carboxylic acids is 1. The smallest absolute Gasteiger partial charge is 0.306 e. The average molecular weight is 1040 g/mol. The second kappa shape index (κ2) is 45.8. The van der Waals surface area contributed by atoms with Crippen LogP contribution in [0.1, 0.15) is 206 Å². The van der Waals surface area contributed by atoms with Crippen molar-refractivity contribution in [1.29, 1.82) is 0 Å². The first kappa shape index (κ1) is 66.8. The summed E-state index contributed by atoms with van der Waals surface area (Å²) >= 11 is 0. The van der Waals surface area contributed by atoms with E-state index < -0.39 is 80.7 Å². The lowest BCUT2D eigenvalue weighted by molar-refractivity contribution is -0.332. The van der Waals surface area contributed by atoms with Gasteiger partial charge in [-0.25, -0.2) is 0 Å². The van der Waals surface area contributed by atoms with Gasteiger partial charge in [-0.05, 0) is 77.0 Å². The number of hydrogen-bond donors (Lipinski definition) is 7. The van der Waals surface area contributed by atoms with Gasteiger partial charge >= 0.3 is 5.97 Å². The van der Waals surface area contributed by atoms with E-state index in [4.69, 9.17) is 28.4 Å². The van der Waals surface area contributed by atoms with E-state index in [0.29, 0.717) is 13.0 Å². The first-order valence-electron chi connectivity index (χ1n) is 28.9. The molecule has 0 aromatic heterocycles. The third-order valence-corrected chi connectivity index (χ3v) is 13.5. The molecule has 2 aliphatic heterocycles. The monoisotopic (exact) mass is 1040 g/mol. The zero-order chi connectivity index (χ0) is 53.0. The molecule has 7 N–H and O–H groups in total. The molecule has 73 heavy (non-hydrogen) atoms. The van der Waals surface area contributed by atoms with E-state index in [1.165, 1.54) is 103 Å². The molecule has 0 aromatic carbocycles. The highest BCUT2D eigenvalue weighted by molar-refractivity contribution is 5.69. The summed E-state index contributed by atoms with van der Waals surface area (Å²) in [4.78, 5) is 13.1. The highest BCUT2D eigenvalue weighted by Gasteiger charge is 2.47. The van der Waals surface area contributed by atoms with Crippen LogP contribution in [-0.4, -0.2) is 142 Å². The van der Waals surface area contributed by atoms with Crippen LogP contribution >= 0.6 is 0 Å². The number of hydrogen-bond acceptors (Lipinski definition) is 14. The Morgan fingerprint density at radius 3 is 1.40 bits per heavy atom. The number of ether oxygens (including phenoxy) is 6. The lowest BCUT2D eigenvalue weighted by atomic mass is 9.98. The van der Waals surface area contributed by atoms with Crippen molar-refractivity contribution < 1.29 is 69.0 Å². The molecule has 11 atom stereocenters. The molecule has 0 bridgehead atoms. The van der Waals surface area contributed by atoms with Gasteiger partial charge in [0.05, 0.1) is 26.4 Å². The molecule has 2 heterocycles. The van der Waals surface area contributed by atoms with Crippen molar-refractivity contribution >= 4 is 5.97 Å². The minimum absolute atomic E-state index is 0.0529. The van der Waals surface area contributed by atoms with Crippen LogP contribution in [0.15, 0.2) is 60.8 Å². The Labute approximate surface area is 441 Å². The molecule has 0 saturated carbocycles. The summed E-state index contributed by atoms with van der Waals surface area (Å²) in [7, 11) is 0. The molecule has 424 valence electrons. The number of allylic oxidation sites excluding steroid dienone is 10. The second-order valence-electron chi connectivity index (χ2n) is 20.1. The molecule has 2 fully saturated rings. The van der Waals surface area contributed by atoms with E-state index in [1.807, 2.05) is 0 Å². The summed E-state index contributed by atoms with van der Waals surface area (Å²) in [6, 6.07) is 0. The van der Waals surface area contributed by atoms with Crippen LogP contribution in [0, 0.1) is 0 Å². The third-order valence-electron chi connectivity index (χ3n) is 13.5. The molecule has 0 aromatic rings. The lowest BCUT2D eigenvalue weighted by Crippen LogP contribution is -2.61. The van der Waals surface area contributed by atoms with E-state index in [9.17, 15) is 40.5 Å². The minimum Gasteiger partial charge on any atom is -0.457 e. The third kappa shape index (κ3) is 32.8. The van der Waals surface area contributed by atoms with E-state index in [1.54, 1.807) is 0 Å². The maximum absolute atomic E-state index is 13.1. The van der Waals surface area contributed by atoms with Crippen LogP contribution in [0.3, 0.4) is 0 Å². The molecule has 14 nitrogen and oxygen atoms in total. The van der Waals surface area contributed by atoms with E-state index in [0.717, 1.165) is 77.0 Å². The molecule has 0 amide bonds. The fourth-order valence-electron chi connectivity index (χ4n) is 8.86. The number of aliphatic hydroxyl groups excluding tert-OH is 7. The number of carbonyl (C=O) groups is 1. The highest BCUT2D eigenvalue weighted by atomic mass is 16.7. The Hall–Kier alpha value is -2.31. The number of unbranched alkanes of at least 4 members (excludes halogenated alkanes) is 22. The zero-order valence-corrected chi connectivity index (χ0v) is 45.4. The van der Waals surface area contributed by atoms with Gasteiger partial charge in [0.15, 0.2) is 12.6 Å². The Kier molecular flexibility index (Phi) is 42.0. The molecule has 2 saturated heterocycles. The Balaban J connectivity index is 1.72. The van der Waals surface area contributed by atoms with Gasteiger partial charge in [-0.15, -0.1) is 0 Å². The molecule has 0 radical (unpaired) electrons.